The van der Waals surface area contributed by atoms with Crippen LogP contribution in [0.2, 0.25) is 0 Å². The Hall–Kier alpha value is -6.88. The van der Waals surface area contributed by atoms with E-state index in [4.69, 9.17) is 16.0 Å². The molecular formula is C29H11F5N6O6. The number of halogens is 5. The summed E-state index contributed by atoms with van der Waals surface area (Å²) >= 11 is 0. The van der Waals surface area contributed by atoms with Gasteiger partial charge in [-0.1, -0.05) is 0 Å². The van der Waals surface area contributed by atoms with Crippen LogP contribution in [0.4, 0.5) is 39.0 Å². The Bertz CT molecular complexity index is 2100. The third-order valence-corrected chi connectivity index (χ3v) is 6.25. The SMILES string of the molecule is [C-]#[N+]c1cc(/C(=C2/C=C(C#N)C(Oc3ccc([N+](=O)[O-])cc3)=N2)c2c(F)c(F)c(F)c(F)c2F)[nH]c1Oc1ccc([N+](=O)[O-])cc1. The Balaban J connectivity index is 1.69. The Labute approximate surface area is 252 Å². The number of aromatic amines is 1. The largest absolute Gasteiger partial charge is 0.451 e. The van der Waals surface area contributed by atoms with Crippen LogP contribution in [0.25, 0.3) is 10.4 Å². The number of aliphatic imine (C=N–C) groups is 1. The highest BCUT2D eigenvalue weighted by Crippen LogP contribution is 2.41. The maximum Gasteiger partial charge on any atom is 0.269 e. The number of nitro groups is 2. The van der Waals surface area contributed by atoms with Gasteiger partial charge in [0.2, 0.25) is 23.3 Å². The fourth-order valence-corrected chi connectivity index (χ4v) is 4.13. The molecule has 0 unspecified atom stereocenters. The van der Waals surface area contributed by atoms with Crippen molar-refractivity contribution in [2.75, 3.05) is 0 Å². The van der Waals surface area contributed by atoms with Crippen molar-refractivity contribution in [1.29, 1.82) is 5.26 Å². The second kappa shape index (κ2) is 12.0. The van der Waals surface area contributed by atoms with Crippen molar-refractivity contribution in [3.8, 4) is 23.4 Å². The summed E-state index contributed by atoms with van der Waals surface area (Å²) in [5, 5.41) is 31.6. The molecule has 46 heavy (non-hydrogen) atoms. The standard InChI is InChI=1S/C29H11F5N6O6/c1-36-20-11-19(38-29(20)46-17-8-4-15(5-9-17)40(43)44)21(22-23(30)25(32)27(34)26(33)24(22)31)18-10-13(12-35)28(37-18)45-16-6-2-14(3-7-16)39(41)42/h2-11,38H/b21-18+. The minimum absolute atomic E-state index is 0.0290. The molecule has 0 aliphatic carbocycles. The molecule has 17 heteroatoms. The van der Waals surface area contributed by atoms with E-state index in [9.17, 15) is 38.7 Å². The summed E-state index contributed by atoms with van der Waals surface area (Å²) in [6.07, 6.45) is 0.920. The first-order chi connectivity index (χ1) is 21.9. The van der Waals surface area contributed by atoms with Crippen molar-refractivity contribution in [3.05, 3.63) is 144 Å². The zero-order chi connectivity index (χ0) is 33.3. The number of ether oxygens (including phenoxy) is 2. The zero-order valence-corrected chi connectivity index (χ0v) is 22.3. The summed E-state index contributed by atoms with van der Waals surface area (Å²) in [4.78, 5) is 30.4. The maximum absolute atomic E-state index is 15.2. The number of H-pyrrole nitrogens is 1. The molecule has 228 valence electrons. The number of rotatable bonds is 7. The zero-order valence-electron chi connectivity index (χ0n) is 22.3. The van der Waals surface area contributed by atoms with Crippen molar-refractivity contribution in [1.82, 2.24) is 4.98 Å². The summed E-state index contributed by atoms with van der Waals surface area (Å²) in [6.45, 7) is 7.51. The second-order valence-corrected chi connectivity index (χ2v) is 9.01. The van der Waals surface area contributed by atoms with E-state index in [1.807, 2.05) is 0 Å². The molecule has 1 aliphatic rings. The van der Waals surface area contributed by atoms with Crippen molar-refractivity contribution in [3.63, 3.8) is 0 Å². The number of nitriles is 1. The van der Waals surface area contributed by atoms with E-state index in [0.29, 0.717) is 0 Å². The highest BCUT2D eigenvalue weighted by atomic mass is 19.2. The minimum Gasteiger partial charge on any atom is -0.451 e. The van der Waals surface area contributed by atoms with Gasteiger partial charge in [-0.15, -0.1) is 0 Å². The molecular weight excluding hydrogens is 623 g/mol. The molecule has 1 aromatic heterocycles. The van der Waals surface area contributed by atoms with Crippen molar-refractivity contribution in [2.24, 2.45) is 4.99 Å². The van der Waals surface area contributed by atoms with Crippen LogP contribution in [-0.2, 0) is 0 Å². The molecule has 12 nitrogen and oxygen atoms in total. The topological polar surface area (TPSA) is 161 Å². The van der Waals surface area contributed by atoms with Gasteiger partial charge >= 0.3 is 0 Å². The van der Waals surface area contributed by atoms with Crippen LogP contribution in [0.3, 0.4) is 0 Å². The number of benzene rings is 3. The summed E-state index contributed by atoms with van der Waals surface area (Å²) < 4.78 is 84.3. The number of nitro benzene ring substituents is 2. The lowest BCUT2D eigenvalue weighted by Gasteiger charge is -2.13. The average Bonchev–Trinajstić information content (AvgIpc) is 3.64. The lowest BCUT2D eigenvalue weighted by Crippen LogP contribution is -2.09. The predicted molar refractivity (Wildman–Crippen MR) is 147 cm³/mol. The van der Waals surface area contributed by atoms with Crippen molar-refractivity contribution >= 4 is 28.5 Å². The van der Waals surface area contributed by atoms with Gasteiger partial charge in [-0.05, 0) is 36.4 Å². The first kappa shape index (κ1) is 30.6. The fraction of sp³-hybridized carbons (Fsp3) is 0. The smallest absolute Gasteiger partial charge is 0.269 e. The maximum atomic E-state index is 15.2. The van der Waals surface area contributed by atoms with E-state index in [-0.39, 0.29) is 40.0 Å². The lowest BCUT2D eigenvalue weighted by molar-refractivity contribution is -0.385. The molecule has 0 fully saturated rings. The van der Waals surface area contributed by atoms with Gasteiger partial charge in [0.25, 0.3) is 11.4 Å². The quantitative estimate of drug-likeness (QED) is 0.0548. The third kappa shape index (κ3) is 5.58. The van der Waals surface area contributed by atoms with Gasteiger partial charge in [0.1, 0.15) is 23.1 Å². The van der Waals surface area contributed by atoms with E-state index in [1.165, 1.54) is 12.1 Å². The summed E-state index contributed by atoms with van der Waals surface area (Å²) in [5.74, 6) is -12.5. The number of nitrogens with zero attached hydrogens (tertiary/aromatic N) is 5. The molecule has 0 atom stereocenters. The van der Waals surface area contributed by atoms with E-state index in [0.717, 1.165) is 48.5 Å². The highest BCUT2D eigenvalue weighted by Gasteiger charge is 2.33. The fourth-order valence-electron chi connectivity index (χ4n) is 4.13. The van der Waals surface area contributed by atoms with E-state index in [2.05, 4.69) is 14.8 Å². The van der Waals surface area contributed by atoms with Crippen molar-refractivity contribution < 1.29 is 41.3 Å². The Morgan fingerprint density at radius 1 is 0.848 bits per heavy atom. The van der Waals surface area contributed by atoms with Crippen molar-refractivity contribution in [2.45, 2.75) is 0 Å². The second-order valence-electron chi connectivity index (χ2n) is 9.01. The lowest BCUT2D eigenvalue weighted by atomic mass is 9.98. The van der Waals surface area contributed by atoms with Crippen LogP contribution >= 0.6 is 0 Å². The van der Waals surface area contributed by atoms with Gasteiger partial charge in [0, 0.05) is 35.5 Å². The molecule has 3 aromatic carbocycles. The normalized spacial score (nSPS) is 13.3. The molecule has 0 radical (unpaired) electrons. The molecule has 4 aromatic rings. The molecule has 0 amide bonds. The monoisotopic (exact) mass is 634 g/mol. The predicted octanol–water partition coefficient (Wildman–Crippen LogP) is 7.57. The number of hydrogen-bond acceptors (Lipinski definition) is 8. The third-order valence-electron chi connectivity index (χ3n) is 6.25. The Morgan fingerprint density at radius 2 is 1.35 bits per heavy atom. The number of hydrogen-bond donors (Lipinski definition) is 1. The van der Waals surface area contributed by atoms with Crippen LogP contribution < -0.4 is 9.47 Å². The van der Waals surface area contributed by atoms with Gasteiger partial charge < -0.3 is 14.5 Å². The number of nitrogens with one attached hydrogen (secondary N) is 1. The van der Waals surface area contributed by atoms with Crippen LogP contribution in [0.1, 0.15) is 11.3 Å². The summed E-state index contributed by atoms with van der Waals surface area (Å²) in [6, 6.07) is 11.7. The minimum atomic E-state index is -2.44. The highest BCUT2D eigenvalue weighted by molar-refractivity contribution is 6.04. The molecule has 0 bridgehead atoms. The summed E-state index contributed by atoms with van der Waals surface area (Å²) in [7, 11) is 0. The molecule has 1 N–H and O–H groups in total. The molecule has 2 heterocycles. The first-order valence-electron chi connectivity index (χ1n) is 12.4. The summed E-state index contributed by atoms with van der Waals surface area (Å²) in [5.41, 5.74) is -4.55. The number of aromatic nitrogens is 1. The van der Waals surface area contributed by atoms with E-state index < -0.39 is 67.4 Å². The number of non-ortho nitro benzene ring substituents is 2. The van der Waals surface area contributed by atoms with Crippen LogP contribution in [-0.4, -0.2) is 20.7 Å². The Morgan fingerprint density at radius 3 is 1.83 bits per heavy atom. The Kier molecular flexibility index (Phi) is 7.99. The van der Waals surface area contributed by atoms with Gasteiger partial charge in [-0.3, -0.25) is 20.2 Å². The molecule has 1 aliphatic heterocycles. The van der Waals surface area contributed by atoms with Gasteiger partial charge in [0.05, 0.1) is 27.7 Å². The number of allylic oxidation sites excluding steroid dienone is 1. The van der Waals surface area contributed by atoms with Gasteiger partial charge in [-0.25, -0.2) is 31.8 Å². The molecule has 0 spiro atoms. The van der Waals surface area contributed by atoms with Crippen LogP contribution in [0.15, 0.2) is 76.9 Å². The first-order valence-corrected chi connectivity index (χ1v) is 12.4. The molecule has 5 rings (SSSR count). The van der Waals surface area contributed by atoms with Gasteiger partial charge in [-0.2, -0.15) is 5.26 Å². The van der Waals surface area contributed by atoms with Crippen LogP contribution in [0, 0.1) is 67.2 Å². The van der Waals surface area contributed by atoms with Gasteiger partial charge in [0.15, 0.2) is 23.3 Å². The van der Waals surface area contributed by atoms with Crippen LogP contribution in [0.5, 0.6) is 17.4 Å². The molecule has 0 saturated carbocycles. The van der Waals surface area contributed by atoms with E-state index >= 15 is 8.78 Å². The van der Waals surface area contributed by atoms with E-state index in [1.54, 1.807) is 6.07 Å². The molecule has 0 saturated heterocycles. The average molecular weight is 634 g/mol.